The molecule has 0 amide bonds. The third kappa shape index (κ3) is 4.17. The predicted molar refractivity (Wildman–Crippen MR) is 67.0 cm³/mol. The zero-order valence-corrected chi connectivity index (χ0v) is 10.8. The van der Waals surface area contributed by atoms with Crippen molar-refractivity contribution in [2.24, 2.45) is 0 Å². The predicted octanol–water partition coefficient (Wildman–Crippen LogP) is 4.41. The van der Waals surface area contributed by atoms with Crippen LogP contribution in [0.1, 0.15) is 24.5 Å². The van der Waals surface area contributed by atoms with Gasteiger partial charge in [0.2, 0.25) is 0 Å². The van der Waals surface area contributed by atoms with Gasteiger partial charge in [0, 0.05) is 5.33 Å². The van der Waals surface area contributed by atoms with Crippen LogP contribution >= 0.6 is 15.9 Å². The van der Waals surface area contributed by atoms with Crippen LogP contribution in [0.25, 0.3) is 0 Å². The van der Waals surface area contributed by atoms with E-state index in [0.717, 1.165) is 29.3 Å². The summed E-state index contributed by atoms with van der Waals surface area (Å²) in [6.45, 7) is 4.11. The lowest BCUT2D eigenvalue weighted by atomic mass is 10.0. The van der Waals surface area contributed by atoms with Crippen molar-refractivity contribution in [1.82, 2.24) is 0 Å². The fourth-order valence-electron chi connectivity index (χ4n) is 1.50. The lowest BCUT2D eigenvalue weighted by molar-refractivity contribution is 0.625. The fourth-order valence-corrected chi connectivity index (χ4v) is 1.73. The number of hydrogen-bond acceptors (Lipinski definition) is 0. The maximum Gasteiger partial charge on any atom is 0.123 e. The van der Waals surface area contributed by atoms with E-state index in [1.807, 2.05) is 13.0 Å². The molecule has 0 aliphatic rings. The van der Waals surface area contributed by atoms with E-state index in [4.69, 9.17) is 0 Å². The van der Waals surface area contributed by atoms with Crippen molar-refractivity contribution >= 4 is 15.9 Å². The van der Waals surface area contributed by atoms with Gasteiger partial charge in [-0.25, -0.2) is 4.39 Å². The first-order valence-corrected chi connectivity index (χ1v) is 6.22. The quantitative estimate of drug-likeness (QED) is 0.562. The molecule has 0 heterocycles. The number of allylic oxidation sites excluding steroid dienone is 2. The Morgan fingerprint density at radius 1 is 1.47 bits per heavy atom. The highest BCUT2D eigenvalue weighted by Gasteiger charge is 2.01. The second-order valence-electron chi connectivity index (χ2n) is 3.78. The average molecular weight is 271 g/mol. The number of hydrogen-bond donors (Lipinski definition) is 0. The Balaban J connectivity index is 2.75. The summed E-state index contributed by atoms with van der Waals surface area (Å²) in [7, 11) is 0. The van der Waals surface area contributed by atoms with Crippen LogP contribution in [0.4, 0.5) is 4.39 Å². The molecule has 0 aliphatic carbocycles. The number of alkyl halides is 1. The summed E-state index contributed by atoms with van der Waals surface area (Å²) in [6.07, 6.45) is 4.07. The number of halogens is 2. The van der Waals surface area contributed by atoms with E-state index in [9.17, 15) is 4.39 Å². The summed E-state index contributed by atoms with van der Waals surface area (Å²) in [5.74, 6) is -0.149. The van der Waals surface area contributed by atoms with Crippen LogP contribution in [0.5, 0.6) is 0 Å². The Hall–Kier alpha value is -0.630. The normalized spacial score (nSPS) is 11.9. The van der Waals surface area contributed by atoms with Gasteiger partial charge in [0.25, 0.3) is 0 Å². The van der Waals surface area contributed by atoms with Gasteiger partial charge in [-0.15, -0.1) is 0 Å². The van der Waals surface area contributed by atoms with Crippen LogP contribution in [-0.2, 0) is 6.42 Å². The number of aryl methyl sites for hydroxylation is 1. The van der Waals surface area contributed by atoms with E-state index in [-0.39, 0.29) is 5.82 Å². The first kappa shape index (κ1) is 12.4. The molecular formula is C13H16BrF. The maximum atomic E-state index is 13.0. The zero-order valence-electron chi connectivity index (χ0n) is 9.19. The minimum Gasteiger partial charge on any atom is -0.207 e. The first-order chi connectivity index (χ1) is 7.13. The van der Waals surface area contributed by atoms with Crippen molar-refractivity contribution in [2.45, 2.75) is 26.7 Å². The molecule has 0 radical (unpaired) electrons. The summed E-state index contributed by atoms with van der Waals surface area (Å²) in [4.78, 5) is 0. The first-order valence-electron chi connectivity index (χ1n) is 5.10. The smallest absolute Gasteiger partial charge is 0.123 e. The molecule has 1 rings (SSSR count). The molecule has 0 aromatic heterocycles. The van der Waals surface area contributed by atoms with Crippen molar-refractivity contribution < 1.29 is 4.39 Å². The van der Waals surface area contributed by atoms with Crippen molar-refractivity contribution in [3.8, 4) is 0 Å². The third-order valence-corrected chi connectivity index (χ3v) is 2.84. The maximum absolute atomic E-state index is 13.0. The van der Waals surface area contributed by atoms with Gasteiger partial charge in [0.05, 0.1) is 0 Å². The minimum atomic E-state index is -0.149. The highest BCUT2D eigenvalue weighted by atomic mass is 79.9. The van der Waals surface area contributed by atoms with Gasteiger partial charge in [-0.2, -0.15) is 0 Å². The summed E-state index contributed by atoms with van der Waals surface area (Å²) < 4.78 is 13.0. The molecular weight excluding hydrogens is 255 g/mol. The van der Waals surface area contributed by atoms with Gasteiger partial charge in [-0.3, -0.25) is 0 Å². The van der Waals surface area contributed by atoms with Crippen molar-refractivity contribution in [2.75, 3.05) is 5.33 Å². The van der Waals surface area contributed by atoms with E-state index in [1.54, 1.807) is 6.07 Å². The second-order valence-corrected chi connectivity index (χ2v) is 4.57. The average Bonchev–Trinajstić information content (AvgIpc) is 2.20. The van der Waals surface area contributed by atoms with Gasteiger partial charge < -0.3 is 0 Å². The number of benzene rings is 1. The van der Waals surface area contributed by atoms with Crippen LogP contribution in [0.15, 0.2) is 29.8 Å². The van der Waals surface area contributed by atoms with Crippen LogP contribution in [0.3, 0.4) is 0 Å². The van der Waals surface area contributed by atoms with Gasteiger partial charge >= 0.3 is 0 Å². The SMILES string of the molecule is C/C(=C/CCBr)Cc1cc(F)ccc1C. The summed E-state index contributed by atoms with van der Waals surface area (Å²) >= 11 is 3.38. The fraction of sp³-hybridized carbons (Fsp3) is 0.385. The highest BCUT2D eigenvalue weighted by molar-refractivity contribution is 9.09. The monoisotopic (exact) mass is 270 g/mol. The Labute approximate surface area is 99.3 Å². The third-order valence-electron chi connectivity index (χ3n) is 2.38. The lowest BCUT2D eigenvalue weighted by Gasteiger charge is -2.06. The summed E-state index contributed by atoms with van der Waals surface area (Å²) in [5.41, 5.74) is 3.53. The molecule has 0 bridgehead atoms. The molecule has 0 saturated carbocycles. The van der Waals surface area contributed by atoms with Gasteiger partial charge in [0.1, 0.15) is 5.82 Å². The highest BCUT2D eigenvalue weighted by Crippen LogP contribution is 2.15. The Bertz CT molecular complexity index is 356. The van der Waals surface area contributed by atoms with E-state index >= 15 is 0 Å². The van der Waals surface area contributed by atoms with E-state index < -0.39 is 0 Å². The molecule has 0 saturated heterocycles. The van der Waals surface area contributed by atoms with Crippen molar-refractivity contribution in [3.63, 3.8) is 0 Å². The van der Waals surface area contributed by atoms with Crippen molar-refractivity contribution in [3.05, 3.63) is 46.8 Å². The molecule has 1 aromatic rings. The largest absolute Gasteiger partial charge is 0.207 e. The van der Waals surface area contributed by atoms with Crippen LogP contribution < -0.4 is 0 Å². The molecule has 0 fully saturated rings. The molecule has 82 valence electrons. The van der Waals surface area contributed by atoms with Crippen LogP contribution in [0, 0.1) is 12.7 Å². The minimum absolute atomic E-state index is 0.149. The molecule has 1 aromatic carbocycles. The Morgan fingerprint density at radius 3 is 2.87 bits per heavy atom. The summed E-state index contributed by atoms with van der Waals surface area (Å²) in [5, 5.41) is 0.979. The molecule has 15 heavy (non-hydrogen) atoms. The Kier molecular flexibility index (Phi) is 5.03. The van der Waals surface area contributed by atoms with E-state index in [1.165, 1.54) is 11.6 Å². The molecule has 0 aliphatic heterocycles. The van der Waals surface area contributed by atoms with E-state index in [2.05, 4.69) is 28.9 Å². The topological polar surface area (TPSA) is 0 Å². The van der Waals surface area contributed by atoms with Gasteiger partial charge in [-0.05, 0) is 49.9 Å². The van der Waals surface area contributed by atoms with Crippen LogP contribution in [0.2, 0.25) is 0 Å². The van der Waals surface area contributed by atoms with Crippen molar-refractivity contribution in [1.29, 1.82) is 0 Å². The molecule has 0 atom stereocenters. The van der Waals surface area contributed by atoms with Gasteiger partial charge in [-0.1, -0.05) is 33.6 Å². The molecule has 2 heteroatoms. The molecule has 0 spiro atoms. The Morgan fingerprint density at radius 2 is 2.20 bits per heavy atom. The van der Waals surface area contributed by atoms with E-state index in [0.29, 0.717) is 0 Å². The van der Waals surface area contributed by atoms with Gasteiger partial charge in [0.15, 0.2) is 0 Å². The zero-order chi connectivity index (χ0) is 11.3. The molecule has 0 nitrogen and oxygen atoms in total. The second kappa shape index (κ2) is 6.06. The molecule has 0 N–H and O–H groups in total. The lowest BCUT2D eigenvalue weighted by Crippen LogP contribution is -1.92. The molecule has 0 unspecified atom stereocenters. The standard InChI is InChI=1S/C13H16BrF/c1-10(4-3-7-14)8-12-9-13(15)6-5-11(12)2/h4-6,9H,3,7-8H2,1-2H3/b10-4-. The van der Waals surface area contributed by atoms with Crippen LogP contribution in [-0.4, -0.2) is 5.33 Å². The number of rotatable bonds is 4. The summed E-state index contributed by atoms with van der Waals surface area (Å²) in [6, 6.07) is 4.97.